The zero-order valence-electron chi connectivity index (χ0n) is 16.1. The lowest BCUT2D eigenvalue weighted by Crippen LogP contribution is -2.39. The van der Waals surface area contributed by atoms with E-state index in [9.17, 15) is 13.2 Å². The first-order valence-corrected chi connectivity index (χ1v) is 11.4. The number of rotatable bonds is 4. The molecule has 8 heteroatoms. The Morgan fingerprint density at radius 3 is 2.86 bits per heavy atom. The molecule has 1 aromatic carbocycles. The first-order chi connectivity index (χ1) is 13.5. The Hall–Kier alpha value is -2.19. The third-order valence-corrected chi connectivity index (χ3v) is 7.60. The number of sulfonamides is 1. The van der Waals surface area contributed by atoms with Crippen LogP contribution < -0.4 is 5.32 Å². The maximum atomic E-state index is 13.3. The van der Waals surface area contributed by atoms with E-state index in [0.29, 0.717) is 43.2 Å². The standard InChI is InChI=1S/C20H26N4O3S/c1-2-15-7-3-4-9-19(15)28(26,27)23-11-5-8-16(14-23)17-13-18-20(25)21-10-6-12-24(18)22-17/h3-4,7,9,13,16H,2,5-6,8,10-12,14H2,1H3,(H,21,25). The van der Waals surface area contributed by atoms with Crippen molar-refractivity contribution in [3.8, 4) is 0 Å². The number of fused-ring (bicyclic) bond motifs is 1. The van der Waals surface area contributed by atoms with Crippen molar-refractivity contribution in [1.29, 1.82) is 0 Å². The summed E-state index contributed by atoms with van der Waals surface area (Å²) in [6.45, 7) is 4.25. The number of nitrogens with one attached hydrogen (secondary N) is 1. The molecule has 1 atom stereocenters. The van der Waals surface area contributed by atoms with Crippen LogP contribution in [0.2, 0.25) is 0 Å². The van der Waals surface area contributed by atoms with E-state index in [2.05, 4.69) is 10.4 Å². The number of carbonyl (C=O) groups is 1. The second-order valence-corrected chi connectivity index (χ2v) is 9.36. The second kappa shape index (κ2) is 7.67. The SMILES string of the molecule is CCc1ccccc1S(=O)(=O)N1CCCC(c2cc3n(n2)CCCNC3=O)C1. The van der Waals surface area contributed by atoms with Gasteiger partial charge in [0.15, 0.2) is 0 Å². The summed E-state index contributed by atoms with van der Waals surface area (Å²) in [6, 6.07) is 9.06. The van der Waals surface area contributed by atoms with Crippen molar-refractivity contribution in [1.82, 2.24) is 19.4 Å². The normalized spacial score (nSPS) is 21.0. The summed E-state index contributed by atoms with van der Waals surface area (Å²) in [4.78, 5) is 12.6. The van der Waals surface area contributed by atoms with Gasteiger partial charge in [-0.2, -0.15) is 9.40 Å². The van der Waals surface area contributed by atoms with Crippen molar-refractivity contribution in [3.63, 3.8) is 0 Å². The molecule has 0 spiro atoms. The van der Waals surface area contributed by atoms with Gasteiger partial charge in [-0.15, -0.1) is 0 Å². The Morgan fingerprint density at radius 1 is 1.21 bits per heavy atom. The van der Waals surface area contributed by atoms with Crippen LogP contribution in [-0.4, -0.2) is 48.0 Å². The highest BCUT2D eigenvalue weighted by Gasteiger charge is 2.33. The molecule has 2 aliphatic heterocycles. The molecule has 4 rings (SSSR count). The van der Waals surface area contributed by atoms with E-state index in [1.807, 2.05) is 25.1 Å². The summed E-state index contributed by atoms with van der Waals surface area (Å²) < 4.78 is 29.9. The van der Waals surface area contributed by atoms with Crippen LogP contribution >= 0.6 is 0 Å². The van der Waals surface area contributed by atoms with E-state index >= 15 is 0 Å². The first-order valence-electron chi connectivity index (χ1n) is 9.94. The molecule has 0 bridgehead atoms. The minimum Gasteiger partial charge on any atom is -0.351 e. The predicted molar refractivity (Wildman–Crippen MR) is 106 cm³/mol. The van der Waals surface area contributed by atoms with Gasteiger partial charge in [0.25, 0.3) is 5.91 Å². The zero-order valence-corrected chi connectivity index (χ0v) is 16.9. The number of aromatic nitrogens is 2. The monoisotopic (exact) mass is 402 g/mol. The van der Waals surface area contributed by atoms with Crippen LogP contribution in [0.25, 0.3) is 0 Å². The summed E-state index contributed by atoms with van der Waals surface area (Å²) in [7, 11) is -3.54. The summed E-state index contributed by atoms with van der Waals surface area (Å²) >= 11 is 0. The number of piperidine rings is 1. The van der Waals surface area contributed by atoms with Gasteiger partial charge in [0.1, 0.15) is 5.69 Å². The largest absolute Gasteiger partial charge is 0.351 e. The molecule has 28 heavy (non-hydrogen) atoms. The van der Waals surface area contributed by atoms with E-state index < -0.39 is 10.0 Å². The Morgan fingerprint density at radius 2 is 2.04 bits per heavy atom. The molecular weight excluding hydrogens is 376 g/mol. The van der Waals surface area contributed by atoms with Crippen molar-refractivity contribution in [3.05, 3.63) is 47.3 Å². The Labute approximate surface area is 165 Å². The minimum atomic E-state index is -3.54. The average molecular weight is 403 g/mol. The highest BCUT2D eigenvalue weighted by atomic mass is 32.2. The van der Waals surface area contributed by atoms with Crippen molar-refractivity contribution >= 4 is 15.9 Å². The zero-order chi connectivity index (χ0) is 19.7. The van der Waals surface area contributed by atoms with Crippen molar-refractivity contribution in [2.75, 3.05) is 19.6 Å². The molecule has 1 saturated heterocycles. The summed E-state index contributed by atoms with van der Waals surface area (Å²) in [6.07, 6.45) is 3.18. The topological polar surface area (TPSA) is 84.3 Å². The van der Waals surface area contributed by atoms with Gasteiger partial charge in [0, 0.05) is 32.1 Å². The van der Waals surface area contributed by atoms with Gasteiger partial charge in [0.2, 0.25) is 10.0 Å². The molecule has 1 fully saturated rings. The number of hydrogen-bond donors (Lipinski definition) is 1. The number of nitrogens with zero attached hydrogens (tertiary/aromatic N) is 3. The first kappa shape index (κ1) is 19.1. The molecular formula is C20H26N4O3S. The van der Waals surface area contributed by atoms with Gasteiger partial charge in [-0.05, 0) is 43.4 Å². The van der Waals surface area contributed by atoms with Crippen LogP contribution in [0.1, 0.15) is 53.8 Å². The lowest BCUT2D eigenvalue weighted by atomic mass is 9.96. The third kappa shape index (κ3) is 3.46. The fourth-order valence-corrected chi connectivity index (χ4v) is 5.92. The Bertz CT molecular complexity index is 983. The molecule has 7 nitrogen and oxygen atoms in total. The van der Waals surface area contributed by atoms with Gasteiger partial charge in [-0.25, -0.2) is 8.42 Å². The van der Waals surface area contributed by atoms with Crippen molar-refractivity contribution in [2.45, 2.75) is 50.0 Å². The summed E-state index contributed by atoms with van der Waals surface area (Å²) in [5, 5.41) is 7.52. The quantitative estimate of drug-likeness (QED) is 0.849. The number of aryl methyl sites for hydroxylation is 2. The Kier molecular flexibility index (Phi) is 5.25. The molecule has 150 valence electrons. The summed E-state index contributed by atoms with van der Waals surface area (Å²) in [5.41, 5.74) is 2.23. The molecule has 0 aliphatic carbocycles. The number of benzene rings is 1. The minimum absolute atomic E-state index is 0.00420. The molecule has 2 aromatic rings. The van der Waals surface area contributed by atoms with Crippen LogP contribution in [0.15, 0.2) is 35.2 Å². The van der Waals surface area contributed by atoms with Crippen LogP contribution in [0.4, 0.5) is 0 Å². The van der Waals surface area contributed by atoms with Gasteiger partial charge in [-0.3, -0.25) is 9.48 Å². The second-order valence-electron chi connectivity index (χ2n) is 7.45. The molecule has 1 unspecified atom stereocenters. The fourth-order valence-electron chi connectivity index (χ4n) is 4.10. The Balaban J connectivity index is 1.60. The molecule has 1 N–H and O–H groups in total. The fraction of sp³-hybridized carbons (Fsp3) is 0.500. The van der Waals surface area contributed by atoms with E-state index in [-0.39, 0.29) is 11.8 Å². The predicted octanol–water partition coefficient (Wildman–Crippen LogP) is 2.15. The summed E-state index contributed by atoms with van der Waals surface area (Å²) in [5.74, 6) is -0.0991. The van der Waals surface area contributed by atoms with E-state index in [1.54, 1.807) is 21.1 Å². The molecule has 1 aromatic heterocycles. The van der Waals surface area contributed by atoms with Crippen molar-refractivity contribution in [2.24, 2.45) is 0 Å². The molecule has 0 radical (unpaired) electrons. The highest BCUT2D eigenvalue weighted by molar-refractivity contribution is 7.89. The number of amides is 1. The van der Waals surface area contributed by atoms with E-state index in [0.717, 1.165) is 30.5 Å². The van der Waals surface area contributed by atoms with Crippen LogP contribution in [0.5, 0.6) is 0 Å². The average Bonchev–Trinajstić information content (AvgIpc) is 3.08. The maximum Gasteiger partial charge on any atom is 0.269 e. The number of hydrogen-bond acceptors (Lipinski definition) is 4. The van der Waals surface area contributed by atoms with Crippen LogP contribution in [-0.2, 0) is 23.0 Å². The van der Waals surface area contributed by atoms with Gasteiger partial charge >= 0.3 is 0 Å². The van der Waals surface area contributed by atoms with Gasteiger partial charge < -0.3 is 5.32 Å². The highest BCUT2D eigenvalue weighted by Crippen LogP contribution is 2.31. The molecule has 2 aliphatic rings. The molecule has 0 saturated carbocycles. The van der Waals surface area contributed by atoms with Gasteiger partial charge in [-0.1, -0.05) is 25.1 Å². The molecule has 3 heterocycles. The smallest absolute Gasteiger partial charge is 0.269 e. The maximum absolute atomic E-state index is 13.3. The lowest BCUT2D eigenvalue weighted by molar-refractivity contribution is 0.0950. The lowest BCUT2D eigenvalue weighted by Gasteiger charge is -2.31. The van der Waals surface area contributed by atoms with Crippen LogP contribution in [0.3, 0.4) is 0 Å². The van der Waals surface area contributed by atoms with Crippen molar-refractivity contribution < 1.29 is 13.2 Å². The number of carbonyl (C=O) groups excluding carboxylic acids is 1. The molecule has 1 amide bonds. The van der Waals surface area contributed by atoms with E-state index in [1.165, 1.54) is 0 Å². The van der Waals surface area contributed by atoms with Crippen LogP contribution in [0, 0.1) is 0 Å². The third-order valence-electron chi connectivity index (χ3n) is 5.64. The van der Waals surface area contributed by atoms with Gasteiger partial charge in [0.05, 0.1) is 10.6 Å². The van der Waals surface area contributed by atoms with E-state index in [4.69, 9.17) is 0 Å².